The molecule has 1 aliphatic heterocycles. The van der Waals surface area contributed by atoms with E-state index in [1.54, 1.807) is 4.90 Å². The van der Waals surface area contributed by atoms with E-state index in [4.69, 9.17) is 21.7 Å². The van der Waals surface area contributed by atoms with Crippen molar-refractivity contribution in [2.75, 3.05) is 13.2 Å². The van der Waals surface area contributed by atoms with Crippen molar-refractivity contribution in [1.29, 1.82) is 0 Å². The fraction of sp³-hybridized carbons (Fsp3) is 0.231. The Hall–Kier alpha value is -2.83. The molecule has 0 aromatic heterocycles. The minimum absolute atomic E-state index is 0.0311. The molecule has 4 nitrogen and oxygen atoms in total. The van der Waals surface area contributed by atoms with Gasteiger partial charge in [-0.25, -0.2) is 0 Å². The molecule has 1 fully saturated rings. The SMILES string of the molecule is CCCN1C(=O)/C(=C/c2ccc(OCc3ccc4ccccc4c3)c(OCC)c2)SC1=S. The number of rotatable bonds is 8. The molecule has 3 aromatic rings. The van der Waals surface area contributed by atoms with Crippen molar-refractivity contribution in [3.05, 3.63) is 76.7 Å². The van der Waals surface area contributed by atoms with Crippen LogP contribution in [0.2, 0.25) is 0 Å². The average Bonchev–Trinajstić information content (AvgIpc) is 3.06. The second kappa shape index (κ2) is 10.2. The van der Waals surface area contributed by atoms with E-state index in [9.17, 15) is 4.79 Å². The lowest BCUT2D eigenvalue weighted by Crippen LogP contribution is -2.28. The molecule has 32 heavy (non-hydrogen) atoms. The summed E-state index contributed by atoms with van der Waals surface area (Å²) in [6.45, 7) is 5.59. The van der Waals surface area contributed by atoms with E-state index in [-0.39, 0.29) is 5.91 Å². The Labute approximate surface area is 198 Å². The number of benzene rings is 3. The number of carbonyl (C=O) groups is 1. The van der Waals surface area contributed by atoms with Gasteiger partial charge in [0.2, 0.25) is 0 Å². The number of carbonyl (C=O) groups excluding carboxylic acids is 1. The summed E-state index contributed by atoms with van der Waals surface area (Å²) in [5.74, 6) is 1.30. The molecule has 0 radical (unpaired) electrons. The Morgan fingerprint density at radius 2 is 1.78 bits per heavy atom. The van der Waals surface area contributed by atoms with Crippen LogP contribution in [0.4, 0.5) is 0 Å². The van der Waals surface area contributed by atoms with E-state index in [1.165, 1.54) is 22.5 Å². The quantitative estimate of drug-likeness (QED) is 0.284. The second-order valence-electron chi connectivity index (χ2n) is 7.44. The van der Waals surface area contributed by atoms with Crippen molar-refractivity contribution < 1.29 is 14.3 Å². The number of hydrogen-bond donors (Lipinski definition) is 0. The second-order valence-corrected chi connectivity index (χ2v) is 9.12. The number of nitrogens with zero attached hydrogens (tertiary/aromatic N) is 1. The molecule has 1 saturated heterocycles. The van der Waals surface area contributed by atoms with Gasteiger partial charge in [0, 0.05) is 6.54 Å². The maximum Gasteiger partial charge on any atom is 0.266 e. The van der Waals surface area contributed by atoms with Crippen LogP contribution >= 0.6 is 24.0 Å². The molecular formula is C26H25NO3S2. The van der Waals surface area contributed by atoms with E-state index in [1.807, 2.05) is 50.3 Å². The summed E-state index contributed by atoms with van der Waals surface area (Å²) in [6.07, 6.45) is 2.74. The Morgan fingerprint density at radius 1 is 0.969 bits per heavy atom. The Kier molecular flexibility index (Phi) is 7.12. The average molecular weight is 464 g/mol. The molecule has 4 rings (SSSR count). The minimum Gasteiger partial charge on any atom is -0.490 e. The van der Waals surface area contributed by atoms with Crippen LogP contribution in [0.3, 0.4) is 0 Å². The molecule has 0 aliphatic carbocycles. The Balaban J connectivity index is 1.52. The Morgan fingerprint density at radius 3 is 2.56 bits per heavy atom. The first-order valence-corrected chi connectivity index (χ1v) is 11.9. The number of hydrogen-bond acceptors (Lipinski definition) is 5. The fourth-order valence-corrected chi connectivity index (χ4v) is 4.87. The van der Waals surface area contributed by atoms with Gasteiger partial charge in [0.25, 0.3) is 5.91 Å². The smallest absolute Gasteiger partial charge is 0.266 e. The first-order chi connectivity index (χ1) is 15.6. The molecule has 164 valence electrons. The number of thioether (sulfide) groups is 1. The molecule has 0 unspecified atom stereocenters. The van der Waals surface area contributed by atoms with E-state index in [0.717, 1.165) is 17.5 Å². The van der Waals surface area contributed by atoms with Gasteiger partial charge in [-0.3, -0.25) is 9.69 Å². The summed E-state index contributed by atoms with van der Waals surface area (Å²) >= 11 is 6.70. The summed E-state index contributed by atoms with van der Waals surface area (Å²) in [6, 6.07) is 20.3. The van der Waals surface area contributed by atoms with Gasteiger partial charge in [0.15, 0.2) is 11.5 Å². The first kappa shape index (κ1) is 22.4. The van der Waals surface area contributed by atoms with Crippen LogP contribution in [0.15, 0.2) is 65.6 Å². The topological polar surface area (TPSA) is 38.8 Å². The molecule has 6 heteroatoms. The maximum absolute atomic E-state index is 12.6. The highest BCUT2D eigenvalue weighted by atomic mass is 32.2. The molecule has 0 bridgehead atoms. The van der Waals surface area contributed by atoms with Gasteiger partial charge >= 0.3 is 0 Å². The predicted molar refractivity (Wildman–Crippen MR) is 136 cm³/mol. The van der Waals surface area contributed by atoms with Gasteiger partial charge in [-0.15, -0.1) is 0 Å². The largest absolute Gasteiger partial charge is 0.490 e. The number of thiocarbonyl (C=S) groups is 1. The minimum atomic E-state index is -0.0311. The van der Waals surface area contributed by atoms with Gasteiger partial charge in [0.1, 0.15) is 10.9 Å². The van der Waals surface area contributed by atoms with Crippen molar-refractivity contribution in [2.24, 2.45) is 0 Å². The highest BCUT2D eigenvalue weighted by molar-refractivity contribution is 8.26. The highest BCUT2D eigenvalue weighted by Crippen LogP contribution is 2.35. The van der Waals surface area contributed by atoms with Crippen molar-refractivity contribution in [3.63, 3.8) is 0 Å². The van der Waals surface area contributed by atoms with Crippen LogP contribution in [-0.2, 0) is 11.4 Å². The summed E-state index contributed by atoms with van der Waals surface area (Å²) in [4.78, 5) is 14.9. The van der Waals surface area contributed by atoms with E-state index in [0.29, 0.717) is 40.5 Å². The third-order valence-corrected chi connectivity index (χ3v) is 6.47. The van der Waals surface area contributed by atoms with Gasteiger partial charge in [-0.2, -0.15) is 0 Å². The van der Waals surface area contributed by atoms with E-state index in [2.05, 4.69) is 30.3 Å². The normalized spacial score (nSPS) is 15.1. The summed E-state index contributed by atoms with van der Waals surface area (Å²) < 4.78 is 12.5. The first-order valence-electron chi connectivity index (χ1n) is 10.7. The Bertz CT molecular complexity index is 1190. The van der Waals surface area contributed by atoms with Crippen LogP contribution in [0.25, 0.3) is 16.8 Å². The molecule has 1 amide bonds. The maximum atomic E-state index is 12.6. The zero-order chi connectivity index (χ0) is 22.5. The monoisotopic (exact) mass is 463 g/mol. The van der Waals surface area contributed by atoms with Crippen LogP contribution in [0.5, 0.6) is 11.5 Å². The van der Waals surface area contributed by atoms with Crippen LogP contribution in [0.1, 0.15) is 31.4 Å². The van der Waals surface area contributed by atoms with Crippen LogP contribution in [0, 0.1) is 0 Å². The lowest BCUT2D eigenvalue weighted by molar-refractivity contribution is -0.122. The van der Waals surface area contributed by atoms with Crippen molar-refractivity contribution in [1.82, 2.24) is 4.90 Å². The fourth-order valence-electron chi connectivity index (χ4n) is 3.56. The molecule has 1 heterocycles. The number of fused-ring (bicyclic) bond motifs is 1. The standard InChI is InChI=1S/C26H25NO3S2/c1-3-13-27-25(28)24(32-26(27)31)16-18-10-12-22(23(15-18)29-4-2)30-17-19-9-11-20-7-5-6-8-21(20)14-19/h5-12,14-16H,3-4,13,17H2,1-2H3/b24-16-. The number of amides is 1. The highest BCUT2D eigenvalue weighted by Gasteiger charge is 2.31. The van der Waals surface area contributed by atoms with Crippen molar-refractivity contribution in [3.8, 4) is 11.5 Å². The molecule has 3 aromatic carbocycles. The lowest BCUT2D eigenvalue weighted by atomic mass is 10.1. The molecule has 0 atom stereocenters. The molecule has 1 aliphatic rings. The van der Waals surface area contributed by atoms with Crippen LogP contribution in [-0.4, -0.2) is 28.3 Å². The van der Waals surface area contributed by atoms with E-state index >= 15 is 0 Å². The lowest BCUT2D eigenvalue weighted by Gasteiger charge is -2.13. The van der Waals surface area contributed by atoms with Gasteiger partial charge < -0.3 is 9.47 Å². The summed E-state index contributed by atoms with van der Waals surface area (Å²) in [5, 5.41) is 2.40. The molecular weight excluding hydrogens is 438 g/mol. The van der Waals surface area contributed by atoms with Gasteiger partial charge in [0.05, 0.1) is 11.5 Å². The van der Waals surface area contributed by atoms with Crippen LogP contribution < -0.4 is 9.47 Å². The number of ether oxygens (including phenoxy) is 2. The zero-order valence-electron chi connectivity index (χ0n) is 18.2. The third-order valence-electron chi connectivity index (χ3n) is 5.09. The predicted octanol–water partition coefficient (Wildman–Crippen LogP) is 6.43. The third kappa shape index (κ3) is 4.97. The van der Waals surface area contributed by atoms with E-state index < -0.39 is 0 Å². The molecule has 0 N–H and O–H groups in total. The van der Waals surface area contributed by atoms with Crippen molar-refractivity contribution in [2.45, 2.75) is 26.9 Å². The molecule has 0 spiro atoms. The zero-order valence-corrected chi connectivity index (χ0v) is 19.8. The van der Waals surface area contributed by atoms with Crippen molar-refractivity contribution >= 4 is 51.1 Å². The van der Waals surface area contributed by atoms with Gasteiger partial charge in [-0.05, 0) is 59.5 Å². The molecule has 0 saturated carbocycles. The summed E-state index contributed by atoms with van der Waals surface area (Å²) in [7, 11) is 0. The van der Waals surface area contributed by atoms with Gasteiger partial charge in [-0.1, -0.05) is 73.4 Å². The summed E-state index contributed by atoms with van der Waals surface area (Å²) in [5.41, 5.74) is 1.97.